The number of nitrogens with zero attached hydrogens (tertiary/aromatic N) is 3. The summed E-state index contributed by atoms with van der Waals surface area (Å²) in [6.45, 7) is 6.06. The molecule has 10 heteroatoms. The van der Waals surface area contributed by atoms with Crippen LogP contribution in [-0.4, -0.2) is 61.8 Å². The molecule has 0 saturated carbocycles. The van der Waals surface area contributed by atoms with Crippen molar-refractivity contribution in [3.63, 3.8) is 0 Å². The van der Waals surface area contributed by atoms with Gasteiger partial charge in [0.25, 0.3) is 10.0 Å². The van der Waals surface area contributed by atoms with E-state index >= 15 is 0 Å². The smallest absolute Gasteiger partial charge is 0.263 e. The molecule has 1 aromatic carbocycles. The highest BCUT2D eigenvalue weighted by Crippen LogP contribution is 2.26. The van der Waals surface area contributed by atoms with Crippen LogP contribution in [0.4, 0.5) is 5.13 Å². The number of rotatable bonds is 5. The van der Waals surface area contributed by atoms with Gasteiger partial charge in [0.2, 0.25) is 5.91 Å². The molecule has 152 valence electrons. The van der Waals surface area contributed by atoms with E-state index < -0.39 is 10.0 Å². The van der Waals surface area contributed by atoms with Crippen molar-refractivity contribution in [3.8, 4) is 0 Å². The third-order valence-electron chi connectivity index (χ3n) is 4.76. The van der Waals surface area contributed by atoms with Crippen LogP contribution in [0.25, 0.3) is 0 Å². The number of thiazole rings is 1. The summed E-state index contributed by atoms with van der Waals surface area (Å²) in [6.07, 6.45) is 0.155. The van der Waals surface area contributed by atoms with E-state index in [9.17, 15) is 13.2 Å². The van der Waals surface area contributed by atoms with E-state index in [0.717, 1.165) is 24.4 Å². The van der Waals surface area contributed by atoms with E-state index in [1.807, 2.05) is 18.9 Å². The molecule has 0 unspecified atom stereocenters. The maximum Gasteiger partial charge on any atom is 0.263 e. The van der Waals surface area contributed by atoms with E-state index in [4.69, 9.17) is 11.6 Å². The van der Waals surface area contributed by atoms with E-state index in [0.29, 0.717) is 22.8 Å². The lowest BCUT2D eigenvalue weighted by molar-refractivity contribution is -0.134. The lowest BCUT2D eigenvalue weighted by Crippen LogP contribution is -2.53. The van der Waals surface area contributed by atoms with E-state index in [1.54, 1.807) is 24.4 Å². The molecule has 1 aromatic heterocycles. The van der Waals surface area contributed by atoms with Gasteiger partial charge >= 0.3 is 0 Å². The van der Waals surface area contributed by atoms with E-state index in [-0.39, 0.29) is 28.4 Å². The topological polar surface area (TPSA) is 82.6 Å². The third-order valence-corrected chi connectivity index (χ3v) is 7.59. The highest BCUT2D eigenvalue weighted by Gasteiger charge is 2.26. The van der Waals surface area contributed by atoms with Gasteiger partial charge in [-0.25, -0.2) is 13.4 Å². The number of hydrogen-bond acceptors (Lipinski definition) is 6. The molecule has 2 heterocycles. The summed E-state index contributed by atoms with van der Waals surface area (Å²) < 4.78 is 27.8. The Morgan fingerprint density at radius 1 is 1.39 bits per heavy atom. The van der Waals surface area contributed by atoms with Crippen molar-refractivity contribution in [2.75, 3.05) is 31.4 Å². The summed E-state index contributed by atoms with van der Waals surface area (Å²) in [7, 11) is -1.76. The predicted molar refractivity (Wildman–Crippen MR) is 111 cm³/mol. The molecule has 1 aliphatic heterocycles. The predicted octanol–water partition coefficient (Wildman–Crippen LogP) is 2.61. The lowest BCUT2D eigenvalue weighted by atomic mass is 10.1. The fourth-order valence-corrected chi connectivity index (χ4v) is 5.71. The summed E-state index contributed by atoms with van der Waals surface area (Å²) in [5, 5.41) is 2.32. The second-order valence-electron chi connectivity index (χ2n) is 6.99. The standard InChI is InChI=1S/C18H23ClN4O3S2/c1-12-10-22(3)7-8-23(12)17(24)9-14-11-27-18(20-14)21-28(25,26)16-6-4-5-15(19)13(16)2/h4-6,11-12H,7-10H2,1-3H3,(H,20,21)/t12-/m1/s1. The molecule has 28 heavy (non-hydrogen) atoms. The minimum Gasteiger partial charge on any atom is -0.337 e. The highest BCUT2D eigenvalue weighted by atomic mass is 35.5. The van der Waals surface area contributed by atoms with Gasteiger partial charge in [0.1, 0.15) is 0 Å². The Morgan fingerprint density at radius 3 is 2.86 bits per heavy atom. The number of carbonyl (C=O) groups is 1. The Bertz CT molecular complexity index is 977. The van der Waals surface area contributed by atoms with Crippen molar-refractivity contribution >= 4 is 44.0 Å². The van der Waals surface area contributed by atoms with Crippen molar-refractivity contribution in [3.05, 3.63) is 39.9 Å². The zero-order valence-corrected chi connectivity index (χ0v) is 18.4. The van der Waals surface area contributed by atoms with Crippen LogP contribution in [0, 0.1) is 6.92 Å². The first-order valence-corrected chi connectivity index (χ1v) is 11.6. The van der Waals surface area contributed by atoms with Crippen LogP contribution in [0.3, 0.4) is 0 Å². The molecule has 1 atom stereocenters. The first kappa shape index (κ1) is 21.0. The van der Waals surface area contributed by atoms with Gasteiger partial charge < -0.3 is 9.80 Å². The number of halogens is 1. The van der Waals surface area contributed by atoms with Gasteiger partial charge in [0.15, 0.2) is 5.13 Å². The fourth-order valence-electron chi connectivity index (χ4n) is 3.25. The first-order chi connectivity index (χ1) is 13.2. The van der Waals surface area contributed by atoms with Gasteiger partial charge in [-0.15, -0.1) is 11.3 Å². The number of hydrogen-bond donors (Lipinski definition) is 1. The second kappa shape index (κ2) is 8.36. The Morgan fingerprint density at radius 2 is 2.14 bits per heavy atom. The molecule has 3 rings (SSSR count). The van der Waals surface area contributed by atoms with Gasteiger partial charge in [-0.3, -0.25) is 9.52 Å². The molecule has 7 nitrogen and oxygen atoms in total. The normalized spacial score (nSPS) is 18.3. The van der Waals surface area contributed by atoms with E-state index in [2.05, 4.69) is 14.6 Å². The van der Waals surface area contributed by atoms with Gasteiger partial charge in [-0.05, 0) is 38.6 Å². The number of carbonyl (C=O) groups excluding carboxylic acids is 1. The number of aromatic nitrogens is 1. The summed E-state index contributed by atoms with van der Waals surface area (Å²) >= 11 is 7.19. The monoisotopic (exact) mass is 442 g/mol. The Hall–Kier alpha value is -1.68. The number of benzene rings is 1. The van der Waals surface area contributed by atoms with Crippen molar-refractivity contribution in [2.45, 2.75) is 31.2 Å². The Balaban J connectivity index is 1.69. The zero-order valence-electron chi connectivity index (χ0n) is 16.0. The summed E-state index contributed by atoms with van der Waals surface area (Å²) in [5.41, 5.74) is 1.04. The number of nitrogens with one attached hydrogen (secondary N) is 1. The minimum absolute atomic E-state index is 0.00555. The third kappa shape index (κ3) is 4.65. The number of likely N-dealkylation sites (N-methyl/N-ethyl adjacent to an activating group) is 1. The molecular formula is C18H23ClN4O3S2. The van der Waals surface area contributed by atoms with E-state index in [1.165, 1.54) is 6.07 Å². The molecule has 0 aliphatic carbocycles. The number of sulfonamides is 1. The number of anilines is 1. The molecule has 2 aromatic rings. The quantitative estimate of drug-likeness (QED) is 0.769. The van der Waals surface area contributed by atoms with Gasteiger partial charge in [-0.1, -0.05) is 17.7 Å². The molecule has 0 spiro atoms. The van der Waals surface area contributed by atoms with Crippen molar-refractivity contribution in [1.29, 1.82) is 0 Å². The Kier molecular flexibility index (Phi) is 6.28. The average molecular weight is 443 g/mol. The molecule has 1 aliphatic rings. The summed E-state index contributed by atoms with van der Waals surface area (Å²) in [4.78, 5) is 21.1. The fraction of sp³-hybridized carbons (Fsp3) is 0.444. The van der Waals surface area contributed by atoms with Crippen LogP contribution >= 0.6 is 22.9 Å². The minimum atomic E-state index is -3.80. The van der Waals surface area contributed by atoms with Crippen LogP contribution in [0.1, 0.15) is 18.2 Å². The van der Waals surface area contributed by atoms with Crippen molar-refractivity contribution in [2.24, 2.45) is 0 Å². The maximum atomic E-state index is 12.6. The molecule has 1 N–H and O–H groups in total. The van der Waals surface area contributed by atoms with Crippen LogP contribution < -0.4 is 4.72 Å². The summed E-state index contributed by atoms with van der Waals surface area (Å²) in [6, 6.07) is 4.87. The maximum absolute atomic E-state index is 12.6. The van der Waals surface area contributed by atoms with Gasteiger partial charge in [-0.2, -0.15) is 0 Å². The summed E-state index contributed by atoms with van der Waals surface area (Å²) in [5.74, 6) is 0.00555. The molecular weight excluding hydrogens is 420 g/mol. The molecule has 0 radical (unpaired) electrons. The number of piperazine rings is 1. The van der Waals surface area contributed by atoms with Crippen LogP contribution in [0.15, 0.2) is 28.5 Å². The van der Waals surface area contributed by atoms with Crippen molar-refractivity contribution < 1.29 is 13.2 Å². The Labute approximate surface area is 174 Å². The van der Waals surface area contributed by atoms with Crippen LogP contribution in [0.2, 0.25) is 5.02 Å². The first-order valence-electron chi connectivity index (χ1n) is 8.87. The highest BCUT2D eigenvalue weighted by molar-refractivity contribution is 7.93. The SMILES string of the molecule is Cc1c(Cl)cccc1S(=O)(=O)Nc1nc(CC(=O)N2CCN(C)C[C@H]2C)cs1. The van der Waals surface area contributed by atoms with Gasteiger partial charge in [0.05, 0.1) is 17.0 Å². The second-order valence-corrected chi connectivity index (χ2v) is 9.90. The molecule has 1 fully saturated rings. The lowest BCUT2D eigenvalue weighted by Gasteiger charge is -2.38. The molecule has 0 bridgehead atoms. The molecule has 1 amide bonds. The largest absolute Gasteiger partial charge is 0.337 e. The van der Waals surface area contributed by atoms with Crippen LogP contribution in [0.5, 0.6) is 0 Å². The zero-order chi connectivity index (χ0) is 20.5. The van der Waals surface area contributed by atoms with Crippen LogP contribution in [-0.2, 0) is 21.2 Å². The number of amides is 1. The van der Waals surface area contributed by atoms with Gasteiger partial charge in [0, 0.05) is 36.1 Å². The van der Waals surface area contributed by atoms with Crippen molar-refractivity contribution in [1.82, 2.24) is 14.8 Å². The molecule has 1 saturated heterocycles. The average Bonchev–Trinajstić information content (AvgIpc) is 3.03.